The zero-order chi connectivity index (χ0) is 10.6. The van der Waals surface area contributed by atoms with Crippen molar-refractivity contribution in [3.8, 4) is 0 Å². The van der Waals surface area contributed by atoms with E-state index in [1.165, 1.54) is 0 Å². The Morgan fingerprint density at radius 1 is 1.43 bits per heavy atom. The van der Waals surface area contributed by atoms with Gasteiger partial charge in [-0.25, -0.2) is 4.79 Å². The molecule has 1 amide bonds. The van der Waals surface area contributed by atoms with Crippen molar-refractivity contribution in [3.63, 3.8) is 0 Å². The number of aliphatic carboxylic acids is 1. The Labute approximate surface area is 80.8 Å². The Hall–Kier alpha value is -1.91. The van der Waals surface area contributed by atoms with Gasteiger partial charge in [0, 0.05) is 12.4 Å². The fraction of sp³-hybridized carbons (Fsp3) is 0.222. The van der Waals surface area contributed by atoms with Crippen molar-refractivity contribution in [3.05, 3.63) is 30.1 Å². The number of nitrogens with one attached hydrogen (secondary N) is 1. The molecule has 1 heterocycles. The molecular weight excluding hydrogens is 184 g/mol. The second kappa shape index (κ2) is 4.36. The van der Waals surface area contributed by atoms with E-state index < -0.39 is 11.9 Å². The Morgan fingerprint density at radius 2 is 2.00 bits per heavy atom. The summed E-state index contributed by atoms with van der Waals surface area (Å²) in [5.74, 6) is -2.49. The summed E-state index contributed by atoms with van der Waals surface area (Å²) in [5, 5.41) is 10.7. The maximum Gasteiger partial charge on any atom is 0.394 e. The monoisotopic (exact) mass is 194 g/mol. The number of carboxylic acids is 1. The highest BCUT2D eigenvalue weighted by Gasteiger charge is 2.14. The number of rotatable bonds is 2. The minimum absolute atomic E-state index is 0.332. The number of carboxylic acid groups (broad SMARTS) is 1. The van der Waals surface area contributed by atoms with Crippen LogP contribution in [0.2, 0.25) is 0 Å². The van der Waals surface area contributed by atoms with E-state index in [-0.39, 0.29) is 6.04 Å². The smallest absolute Gasteiger partial charge is 0.394 e. The van der Waals surface area contributed by atoms with Crippen LogP contribution in [0.3, 0.4) is 0 Å². The van der Waals surface area contributed by atoms with Crippen LogP contribution in [0.25, 0.3) is 0 Å². The minimum atomic E-state index is -1.48. The largest absolute Gasteiger partial charge is 0.474 e. The molecule has 14 heavy (non-hydrogen) atoms. The molecule has 2 N–H and O–H groups in total. The van der Waals surface area contributed by atoms with Gasteiger partial charge in [0.25, 0.3) is 0 Å². The molecule has 5 heteroatoms. The van der Waals surface area contributed by atoms with Gasteiger partial charge in [-0.05, 0) is 24.6 Å². The quantitative estimate of drug-likeness (QED) is 0.665. The third-order valence-corrected chi connectivity index (χ3v) is 1.75. The maximum absolute atomic E-state index is 10.8. The number of nitrogens with zero attached hydrogens (tertiary/aromatic N) is 1. The fourth-order valence-electron chi connectivity index (χ4n) is 0.994. The zero-order valence-electron chi connectivity index (χ0n) is 7.60. The molecule has 0 aliphatic carbocycles. The zero-order valence-corrected chi connectivity index (χ0v) is 7.60. The third kappa shape index (κ3) is 2.55. The number of pyridine rings is 1. The van der Waals surface area contributed by atoms with Crippen molar-refractivity contribution in [2.45, 2.75) is 13.0 Å². The van der Waals surface area contributed by atoms with Gasteiger partial charge in [-0.15, -0.1) is 0 Å². The predicted molar refractivity (Wildman–Crippen MR) is 48.4 cm³/mol. The average Bonchev–Trinajstić information content (AvgIpc) is 2.19. The molecule has 5 nitrogen and oxygen atoms in total. The Balaban J connectivity index is 2.64. The molecule has 0 spiro atoms. The van der Waals surface area contributed by atoms with Crippen LogP contribution in [0.1, 0.15) is 18.5 Å². The number of amides is 1. The molecule has 0 bridgehead atoms. The molecule has 0 saturated heterocycles. The summed E-state index contributed by atoms with van der Waals surface area (Å²) in [6, 6.07) is 3.10. The summed E-state index contributed by atoms with van der Waals surface area (Å²) in [4.78, 5) is 24.9. The Bertz CT molecular complexity index is 337. The molecule has 1 aromatic heterocycles. The Kier molecular flexibility index (Phi) is 3.17. The highest BCUT2D eigenvalue weighted by Crippen LogP contribution is 2.09. The summed E-state index contributed by atoms with van der Waals surface area (Å²) < 4.78 is 0. The lowest BCUT2D eigenvalue weighted by Gasteiger charge is -2.11. The standard InChI is InChI=1S/C9H10N2O3/c1-6(11-8(12)9(13)14)7-2-4-10-5-3-7/h2-6H,1H3,(H,11,12)(H,13,14). The van der Waals surface area contributed by atoms with Gasteiger partial charge >= 0.3 is 11.9 Å². The van der Waals surface area contributed by atoms with Crippen LogP contribution >= 0.6 is 0 Å². The molecule has 0 fully saturated rings. The van der Waals surface area contributed by atoms with E-state index >= 15 is 0 Å². The highest BCUT2D eigenvalue weighted by atomic mass is 16.4. The molecule has 0 aromatic carbocycles. The SMILES string of the molecule is CC(NC(=O)C(=O)O)c1ccncc1. The van der Waals surface area contributed by atoms with Crippen molar-refractivity contribution in [1.82, 2.24) is 10.3 Å². The van der Waals surface area contributed by atoms with Gasteiger partial charge in [0.05, 0.1) is 6.04 Å². The highest BCUT2D eigenvalue weighted by molar-refractivity contribution is 6.31. The van der Waals surface area contributed by atoms with E-state index in [2.05, 4.69) is 10.3 Å². The molecule has 74 valence electrons. The van der Waals surface area contributed by atoms with Gasteiger partial charge in [-0.2, -0.15) is 0 Å². The van der Waals surface area contributed by atoms with Crippen LogP contribution in [-0.2, 0) is 9.59 Å². The average molecular weight is 194 g/mol. The summed E-state index contributed by atoms with van der Waals surface area (Å²) in [5.41, 5.74) is 0.814. The molecule has 1 rings (SSSR count). The lowest BCUT2D eigenvalue weighted by Crippen LogP contribution is -2.32. The number of carbonyl (C=O) groups is 2. The molecular formula is C9H10N2O3. The van der Waals surface area contributed by atoms with Crippen molar-refractivity contribution in [2.75, 3.05) is 0 Å². The molecule has 0 aliphatic rings. The molecule has 0 radical (unpaired) electrons. The number of hydrogen-bond donors (Lipinski definition) is 2. The van der Waals surface area contributed by atoms with E-state index in [0.29, 0.717) is 0 Å². The van der Waals surface area contributed by atoms with Crippen LogP contribution in [0, 0.1) is 0 Å². The van der Waals surface area contributed by atoms with Crippen molar-refractivity contribution < 1.29 is 14.7 Å². The summed E-state index contributed by atoms with van der Waals surface area (Å²) in [6.07, 6.45) is 3.16. The number of carbonyl (C=O) groups excluding carboxylic acids is 1. The first-order valence-corrected chi connectivity index (χ1v) is 4.05. The first-order chi connectivity index (χ1) is 6.61. The normalized spacial score (nSPS) is 11.8. The Morgan fingerprint density at radius 3 is 2.50 bits per heavy atom. The third-order valence-electron chi connectivity index (χ3n) is 1.75. The van der Waals surface area contributed by atoms with E-state index in [4.69, 9.17) is 5.11 Å². The van der Waals surface area contributed by atoms with E-state index in [0.717, 1.165) is 5.56 Å². The number of hydrogen-bond acceptors (Lipinski definition) is 3. The summed E-state index contributed by atoms with van der Waals surface area (Å²) in [7, 11) is 0. The topological polar surface area (TPSA) is 79.3 Å². The number of aromatic nitrogens is 1. The second-order valence-electron chi connectivity index (χ2n) is 2.78. The maximum atomic E-state index is 10.8. The fourth-order valence-corrected chi connectivity index (χ4v) is 0.994. The summed E-state index contributed by atoms with van der Waals surface area (Å²) >= 11 is 0. The predicted octanol–water partition coefficient (Wildman–Crippen LogP) is 0.343. The lowest BCUT2D eigenvalue weighted by molar-refractivity contribution is -0.150. The first kappa shape index (κ1) is 10.2. The molecule has 0 aliphatic heterocycles. The molecule has 1 atom stereocenters. The van der Waals surface area contributed by atoms with Gasteiger partial charge in [0.2, 0.25) is 0 Å². The lowest BCUT2D eigenvalue weighted by atomic mass is 10.1. The van der Waals surface area contributed by atoms with Gasteiger partial charge in [0.15, 0.2) is 0 Å². The van der Waals surface area contributed by atoms with Crippen LogP contribution in [0.15, 0.2) is 24.5 Å². The molecule has 1 unspecified atom stereocenters. The van der Waals surface area contributed by atoms with Gasteiger partial charge in [-0.1, -0.05) is 0 Å². The van der Waals surface area contributed by atoms with E-state index in [1.807, 2.05) is 0 Å². The van der Waals surface area contributed by atoms with Gasteiger partial charge < -0.3 is 10.4 Å². The minimum Gasteiger partial charge on any atom is -0.474 e. The molecule has 0 saturated carbocycles. The second-order valence-corrected chi connectivity index (χ2v) is 2.78. The van der Waals surface area contributed by atoms with Crippen molar-refractivity contribution >= 4 is 11.9 Å². The summed E-state index contributed by atoms with van der Waals surface area (Å²) in [6.45, 7) is 1.70. The van der Waals surface area contributed by atoms with Gasteiger partial charge in [-0.3, -0.25) is 9.78 Å². The van der Waals surface area contributed by atoms with E-state index in [9.17, 15) is 9.59 Å². The first-order valence-electron chi connectivity index (χ1n) is 4.05. The van der Waals surface area contributed by atoms with Crippen LogP contribution in [0.4, 0.5) is 0 Å². The van der Waals surface area contributed by atoms with E-state index in [1.54, 1.807) is 31.5 Å². The van der Waals surface area contributed by atoms with Crippen LogP contribution in [0.5, 0.6) is 0 Å². The van der Waals surface area contributed by atoms with Crippen LogP contribution in [-0.4, -0.2) is 22.0 Å². The van der Waals surface area contributed by atoms with Crippen molar-refractivity contribution in [2.24, 2.45) is 0 Å². The van der Waals surface area contributed by atoms with Gasteiger partial charge in [0.1, 0.15) is 0 Å². The van der Waals surface area contributed by atoms with Crippen molar-refractivity contribution in [1.29, 1.82) is 0 Å². The van der Waals surface area contributed by atoms with Crippen LogP contribution < -0.4 is 5.32 Å². The molecule has 1 aromatic rings.